The van der Waals surface area contributed by atoms with Crippen LogP contribution in [0.4, 0.5) is 13.2 Å². The predicted octanol–water partition coefficient (Wildman–Crippen LogP) is 5.92. The number of epoxide rings is 1. The fourth-order valence-corrected chi connectivity index (χ4v) is 6.12. The van der Waals surface area contributed by atoms with Crippen molar-refractivity contribution in [1.29, 1.82) is 0 Å². The van der Waals surface area contributed by atoms with Gasteiger partial charge in [0.2, 0.25) is 11.8 Å². The van der Waals surface area contributed by atoms with E-state index in [9.17, 15) is 18.4 Å². The van der Waals surface area contributed by atoms with Crippen LogP contribution in [0, 0.1) is 5.82 Å². The maximum Gasteiger partial charge on any atom is 0.270 e. The largest absolute Gasteiger partial charge is 0.356 e. The van der Waals surface area contributed by atoms with Gasteiger partial charge in [-0.2, -0.15) is 0 Å². The van der Waals surface area contributed by atoms with E-state index >= 15 is 4.39 Å². The molecule has 3 aliphatic rings. The van der Waals surface area contributed by atoms with Crippen LogP contribution in [-0.4, -0.2) is 40.4 Å². The molecule has 4 heterocycles. The van der Waals surface area contributed by atoms with E-state index in [1.54, 1.807) is 36.5 Å². The second-order valence-electron chi connectivity index (χ2n) is 11.0. The van der Waals surface area contributed by atoms with Crippen molar-refractivity contribution in [2.45, 2.75) is 76.5 Å². The highest BCUT2D eigenvalue weighted by molar-refractivity contribution is 6.01. The second kappa shape index (κ2) is 10.3. The minimum Gasteiger partial charge on any atom is -0.356 e. The summed E-state index contributed by atoms with van der Waals surface area (Å²) in [7, 11) is 0. The van der Waals surface area contributed by atoms with Gasteiger partial charge in [-0.1, -0.05) is 44.2 Å². The molecule has 0 spiro atoms. The van der Waals surface area contributed by atoms with Crippen LogP contribution in [0.1, 0.15) is 75.1 Å². The van der Waals surface area contributed by atoms with Gasteiger partial charge in [-0.3, -0.25) is 24.8 Å². The molecule has 2 aromatic carbocycles. The smallest absolute Gasteiger partial charge is 0.270 e. The third-order valence-corrected chi connectivity index (χ3v) is 8.28. The number of imide groups is 1. The number of alkyl halides is 2. The first-order valence-electron chi connectivity index (χ1n) is 13.8. The Balaban J connectivity index is 0.00000158. The van der Waals surface area contributed by atoms with Gasteiger partial charge in [0, 0.05) is 55.7 Å². The average molecular weight is 554 g/mol. The Hall–Kier alpha value is -3.30. The summed E-state index contributed by atoms with van der Waals surface area (Å²) >= 11 is 0. The van der Waals surface area contributed by atoms with Crippen molar-refractivity contribution >= 4 is 22.7 Å². The number of carbonyl (C=O) groups is 2. The van der Waals surface area contributed by atoms with Crippen LogP contribution in [0.15, 0.2) is 48.7 Å². The number of carbonyl (C=O) groups excluding carboxylic acids is 2. The van der Waals surface area contributed by atoms with Crippen molar-refractivity contribution in [1.82, 2.24) is 15.2 Å². The quantitative estimate of drug-likeness (QED) is 0.314. The topological polar surface area (TPSA) is 74.8 Å². The molecule has 3 aliphatic heterocycles. The first-order chi connectivity index (χ1) is 19.0. The van der Waals surface area contributed by atoms with Crippen LogP contribution in [0.25, 0.3) is 10.9 Å². The number of nitrogens with zero attached hydrogens (tertiary/aromatic N) is 2. The lowest BCUT2D eigenvalue weighted by Crippen LogP contribution is -2.44. The molecule has 6 nitrogen and oxygen atoms in total. The number of rotatable bonds is 5. The summed E-state index contributed by atoms with van der Waals surface area (Å²) in [5.41, 5.74) is 1.10. The van der Waals surface area contributed by atoms with Gasteiger partial charge in [0.1, 0.15) is 17.0 Å². The molecule has 0 bridgehead atoms. The summed E-state index contributed by atoms with van der Waals surface area (Å²) in [5.74, 6) is -4.52. The van der Waals surface area contributed by atoms with Crippen LogP contribution in [0.2, 0.25) is 0 Å². The maximum absolute atomic E-state index is 16.0. The van der Waals surface area contributed by atoms with Crippen molar-refractivity contribution < 1.29 is 27.5 Å². The van der Waals surface area contributed by atoms with Gasteiger partial charge in [0.15, 0.2) is 0 Å². The average Bonchev–Trinajstić information content (AvgIpc) is 3.55. The number of piperidine rings is 2. The summed E-state index contributed by atoms with van der Waals surface area (Å²) in [6, 6.07) is 11.5. The lowest BCUT2D eigenvalue weighted by atomic mass is 9.80. The molecule has 212 valence electrons. The molecule has 0 aliphatic carbocycles. The molecular formula is C31H34F3N3O3. The molecule has 1 aromatic heterocycles. The Morgan fingerprint density at radius 1 is 1.15 bits per heavy atom. The lowest BCUT2D eigenvalue weighted by Gasteiger charge is -2.33. The Labute approximate surface area is 231 Å². The van der Waals surface area contributed by atoms with Gasteiger partial charge >= 0.3 is 0 Å². The van der Waals surface area contributed by atoms with Crippen molar-refractivity contribution in [3.63, 3.8) is 0 Å². The van der Waals surface area contributed by atoms with Gasteiger partial charge in [-0.15, -0.1) is 0 Å². The van der Waals surface area contributed by atoms with Gasteiger partial charge in [0.05, 0.1) is 11.4 Å². The van der Waals surface area contributed by atoms with Crippen LogP contribution in [-0.2, 0) is 32.4 Å². The maximum atomic E-state index is 16.0. The van der Waals surface area contributed by atoms with E-state index in [0.29, 0.717) is 54.5 Å². The standard InChI is InChI=1S/C29H28F3N3O3.C2H6/c1-27-16-35(15-17-3-5-19(6-4-17)28(2,31)32)12-11-29(27,38-27)22-8-9-23-21(25(22)30)13-18(14-33-23)20-7-10-24(36)34-26(20)37;1-2/h3-6,8-9,13-14,20H,7,10-12,15-16H2,1-2H3,(H,34,36,37);1-2H3. The summed E-state index contributed by atoms with van der Waals surface area (Å²) in [4.78, 5) is 30.5. The first kappa shape index (κ1) is 28.2. The number of amides is 2. The molecule has 3 unspecified atom stereocenters. The van der Waals surface area contributed by atoms with E-state index in [2.05, 4.69) is 15.2 Å². The molecule has 0 saturated carbocycles. The monoisotopic (exact) mass is 553 g/mol. The molecular weight excluding hydrogens is 519 g/mol. The van der Waals surface area contributed by atoms with Crippen molar-refractivity contribution in [2.24, 2.45) is 0 Å². The number of hydrogen-bond acceptors (Lipinski definition) is 5. The number of likely N-dealkylation sites (tertiary alicyclic amines) is 1. The fourth-order valence-electron chi connectivity index (χ4n) is 6.12. The highest BCUT2D eigenvalue weighted by Crippen LogP contribution is 2.61. The van der Waals surface area contributed by atoms with Crippen molar-refractivity contribution in [2.75, 3.05) is 13.1 Å². The van der Waals surface area contributed by atoms with Gasteiger partial charge < -0.3 is 4.74 Å². The zero-order valence-electron chi connectivity index (χ0n) is 23.2. The predicted molar refractivity (Wildman–Crippen MR) is 145 cm³/mol. The van der Waals surface area contributed by atoms with E-state index in [4.69, 9.17) is 4.74 Å². The van der Waals surface area contributed by atoms with Crippen molar-refractivity contribution in [3.8, 4) is 0 Å². The number of benzene rings is 2. The molecule has 6 rings (SSSR count). The molecule has 40 heavy (non-hydrogen) atoms. The minimum atomic E-state index is -2.87. The van der Waals surface area contributed by atoms with E-state index in [1.165, 1.54) is 12.1 Å². The Kier molecular flexibility index (Phi) is 7.25. The van der Waals surface area contributed by atoms with Crippen LogP contribution in [0.5, 0.6) is 0 Å². The van der Waals surface area contributed by atoms with Gasteiger partial charge in [-0.25, -0.2) is 13.2 Å². The van der Waals surface area contributed by atoms with E-state index < -0.39 is 28.9 Å². The second-order valence-corrected chi connectivity index (χ2v) is 11.0. The fraction of sp³-hybridized carbons (Fsp3) is 0.452. The number of halogens is 3. The number of ether oxygens (including phenoxy) is 1. The molecule has 3 aromatic rings. The minimum absolute atomic E-state index is 0.0153. The number of fused-ring (bicyclic) bond motifs is 2. The number of aromatic nitrogens is 1. The molecule has 1 N–H and O–H groups in total. The summed E-state index contributed by atoms with van der Waals surface area (Å²) in [6.45, 7) is 8.68. The Bertz CT molecular complexity index is 1460. The third-order valence-electron chi connectivity index (χ3n) is 8.28. The third kappa shape index (κ3) is 4.90. The van der Waals surface area contributed by atoms with Crippen molar-refractivity contribution in [3.05, 3.63) is 76.7 Å². The van der Waals surface area contributed by atoms with Gasteiger partial charge in [0.25, 0.3) is 5.92 Å². The SMILES string of the molecule is CC.CC(F)(F)c1ccc(CN2CCC3(c4ccc5ncc(C6CCC(=O)NC6=O)cc5c4F)OC3(C)C2)cc1. The first-order valence-corrected chi connectivity index (χ1v) is 13.8. The highest BCUT2D eigenvalue weighted by Gasteiger charge is 2.70. The molecule has 3 saturated heterocycles. The molecule has 9 heteroatoms. The normalized spacial score (nSPS) is 26.5. The van der Waals surface area contributed by atoms with Crippen LogP contribution in [0.3, 0.4) is 0 Å². The summed E-state index contributed by atoms with van der Waals surface area (Å²) in [6.07, 6.45) is 2.75. The summed E-state index contributed by atoms with van der Waals surface area (Å²) < 4.78 is 49.4. The van der Waals surface area contributed by atoms with Gasteiger partial charge in [-0.05, 0) is 43.0 Å². The molecule has 0 radical (unpaired) electrons. The number of pyridine rings is 1. The van der Waals surface area contributed by atoms with Crippen LogP contribution < -0.4 is 5.32 Å². The molecule has 3 fully saturated rings. The van der Waals surface area contributed by atoms with E-state index in [-0.39, 0.29) is 23.8 Å². The zero-order valence-corrected chi connectivity index (χ0v) is 23.2. The lowest BCUT2D eigenvalue weighted by molar-refractivity contribution is -0.134. The highest BCUT2D eigenvalue weighted by atomic mass is 19.3. The number of hydrogen-bond donors (Lipinski definition) is 1. The Morgan fingerprint density at radius 3 is 2.52 bits per heavy atom. The summed E-state index contributed by atoms with van der Waals surface area (Å²) in [5, 5.41) is 2.67. The Morgan fingerprint density at radius 2 is 1.88 bits per heavy atom. The van der Waals surface area contributed by atoms with E-state index in [0.717, 1.165) is 12.5 Å². The molecule has 2 amide bonds. The van der Waals surface area contributed by atoms with Crippen LogP contribution >= 0.6 is 0 Å². The number of nitrogens with one attached hydrogen (secondary N) is 1. The molecule has 3 atom stereocenters. The van der Waals surface area contributed by atoms with E-state index in [1.807, 2.05) is 20.8 Å². The zero-order chi connectivity index (χ0) is 28.9.